The number of rotatable bonds is 3. The molecule has 1 fully saturated rings. The van der Waals surface area contributed by atoms with E-state index >= 15 is 0 Å². The number of hydrogen-bond acceptors (Lipinski definition) is 3. The summed E-state index contributed by atoms with van der Waals surface area (Å²) >= 11 is 6.02. The lowest BCUT2D eigenvalue weighted by atomic mass is 9.93. The van der Waals surface area contributed by atoms with Gasteiger partial charge in [0.05, 0.1) is 11.8 Å². The number of aryl methyl sites for hydroxylation is 1. The Bertz CT molecular complexity index is 723. The van der Waals surface area contributed by atoms with Gasteiger partial charge in [0.25, 0.3) is 0 Å². The molecule has 24 heavy (non-hydrogen) atoms. The van der Waals surface area contributed by atoms with E-state index in [9.17, 15) is 9.90 Å². The summed E-state index contributed by atoms with van der Waals surface area (Å²) in [5.41, 5.74) is 1.74. The first-order valence-electron chi connectivity index (χ1n) is 8.09. The van der Waals surface area contributed by atoms with Gasteiger partial charge in [-0.25, -0.2) is 9.48 Å². The van der Waals surface area contributed by atoms with Gasteiger partial charge in [-0.15, -0.1) is 5.10 Å². The van der Waals surface area contributed by atoms with E-state index in [0.717, 1.165) is 37.1 Å². The number of carbonyl (C=O) groups excluding carboxylic acids is 1. The average Bonchev–Trinajstić information content (AvgIpc) is 2.90. The van der Waals surface area contributed by atoms with Crippen LogP contribution in [0.15, 0.2) is 30.3 Å². The minimum Gasteiger partial charge on any atom is -0.393 e. The van der Waals surface area contributed by atoms with Crippen molar-refractivity contribution < 1.29 is 9.90 Å². The monoisotopic (exact) mass is 348 g/mol. The third-order valence-corrected chi connectivity index (χ3v) is 4.45. The number of nitrogens with zero attached hydrogens (tertiary/aromatic N) is 2. The first-order chi connectivity index (χ1) is 11.5. The van der Waals surface area contributed by atoms with Crippen molar-refractivity contribution in [3.05, 3.63) is 41.0 Å². The minimum atomic E-state index is -0.271. The molecule has 0 spiro atoms. The summed E-state index contributed by atoms with van der Waals surface area (Å²) in [7, 11) is 0. The van der Waals surface area contributed by atoms with Crippen LogP contribution in [0.3, 0.4) is 0 Å². The summed E-state index contributed by atoms with van der Waals surface area (Å²) in [5, 5.41) is 20.3. The number of nitrogens with one attached hydrogen (secondary N) is 2. The zero-order valence-electron chi connectivity index (χ0n) is 13.5. The van der Waals surface area contributed by atoms with Crippen LogP contribution in [0.4, 0.5) is 10.6 Å². The molecule has 1 heterocycles. The largest absolute Gasteiger partial charge is 0.393 e. The average molecular weight is 349 g/mol. The lowest BCUT2D eigenvalue weighted by Gasteiger charge is -2.25. The molecule has 0 bridgehead atoms. The highest BCUT2D eigenvalue weighted by Crippen LogP contribution is 2.20. The van der Waals surface area contributed by atoms with Crippen molar-refractivity contribution in [2.45, 2.75) is 44.8 Å². The van der Waals surface area contributed by atoms with Crippen molar-refractivity contribution in [1.82, 2.24) is 15.1 Å². The van der Waals surface area contributed by atoms with Gasteiger partial charge in [0, 0.05) is 22.8 Å². The van der Waals surface area contributed by atoms with E-state index in [2.05, 4.69) is 15.7 Å². The maximum absolute atomic E-state index is 12.1. The molecule has 0 saturated heterocycles. The Morgan fingerprint density at radius 3 is 2.75 bits per heavy atom. The molecular formula is C17H21ClN4O2. The van der Waals surface area contributed by atoms with Gasteiger partial charge in [-0.3, -0.25) is 5.32 Å². The predicted molar refractivity (Wildman–Crippen MR) is 93.7 cm³/mol. The number of aliphatic hydroxyl groups is 1. The molecular weight excluding hydrogens is 328 g/mol. The van der Waals surface area contributed by atoms with Gasteiger partial charge in [-0.1, -0.05) is 17.7 Å². The van der Waals surface area contributed by atoms with Gasteiger partial charge in [0.2, 0.25) is 0 Å². The third-order valence-electron chi connectivity index (χ3n) is 4.21. The zero-order valence-corrected chi connectivity index (χ0v) is 14.3. The van der Waals surface area contributed by atoms with E-state index in [1.54, 1.807) is 10.7 Å². The molecule has 1 aliphatic carbocycles. The molecule has 0 aliphatic heterocycles. The molecule has 3 N–H and O–H groups in total. The number of anilines is 1. The molecule has 3 rings (SSSR count). The number of aliphatic hydroxyl groups excluding tert-OH is 1. The molecule has 2 aromatic rings. The number of halogens is 1. The van der Waals surface area contributed by atoms with E-state index in [0.29, 0.717) is 10.8 Å². The fourth-order valence-electron chi connectivity index (χ4n) is 2.96. The lowest BCUT2D eigenvalue weighted by Crippen LogP contribution is -2.40. The van der Waals surface area contributed by atoms with Gasteiger partial charge < -0.3 is 10.4 Å². The van der Waals surface area contributed by atoms with E-state index in [-0.39, 0.29) is 18.2 Å². The topological polar surface area (TPSA) is 79.2 Å². The van der Waals surface area contributed by atoms with Crippen molar-refractivity contribution in [2.75, 3.05) is 5.32 Å². The molecule has 1 aromatic carbocycles. The molecule has 0 radical (unpaired) electrons. The van der Waals surface area contributed by atoms with Crippen molar-refractivity contribution in [1.29, 1.82) is 0 Å². The highest BCUT2D eigenvalue weighted by Gasteiger charge is 2.21. The van der Waals surface area contributed by atoms with Gasteiger partial charge in [-0.05, 0) is 50.8 Å². The van der Waals surface area contributed by atoms with Crippen LogP contribution >= 0.6 is 11.6 Å². The van der Waals surface area contributed by atoms with Gasteiger partial charge in [0.1, 0.15) is 0 Å². The van der Waals surface area contributed by atoms with E-state index in [4.69, 9.17) is 11.6 Å². The van der Waals surface area contributed by atoms with Gasteiger partial charge in [0.15, 0.2) is 5.82 Å². The zero-order chi connectivity index (χ0) is 17.1. The summed E-state index contributed by atoms with van der Waals surface area (Å²) in [5.74, 6) is 0.487. The summed E-state index contributed by atoms with van der Waals surface area (Å²) in [4.78, 5) is 12.1. The lowest BCUT2D eigenvalue weighted by molar-refractivity contribution is 0.118. The standard InChI is InChI=1S/C17H21ClN4O2/c1-11-9-16(21-22(11)14-4-2-3-12(18)10-14)20-17(24)19-13-5-7-15(23)8-6-13/h2-4,9-10,13,15,23H,5-8H2,1H3,(H2,19,20,21,24). The quantitative estimate of drug-likeness (QED) is 0.796. The maximum Gasteiger partial charge on any atom is 0.320 e. The second-order valence-corrected chi connectivity index (χ2v) is 6.60. The Morgan fingerprint density at radius 2 is 2.04 bits per heavy atom. The van der Waals surface area contributed by atoms with Crippen molar-refractivity contribution >= 4 is 23.4 Å². The Morgan fingerprint density at radius 1 is 1.29 bits per heavy atom. The number of amides is 2. The Hall–Kier alpha value is -2.05. The number of hydrogen-bond donors (Lipinski definition) is 3. The van der Waals surface area contributed by atoms with Crippen LogP contribution in [-0.4, -0.2) is 33.1 Å². The minimum absolute atomic E-state index is 0.101. The van der Waals surface area contributed by atoms with Crippen LogP contribution in [0.1, 0.15) is 31.4 Å². The summed E-state index contributed by atoms with van der Waals surface area (Å²) in [6.07, 6.45) is 2.82. The van der Waals surface area contributed by atoms with Crippen molar-refractivity contribution in [2.24, 2.45) is 0 Å². The van der Waals surface area contributed by atoms with Crippen LogP contribution in [0.2, 0.25) is 5.02 Å². The SMILES string of the molecule is Cc1cc(NC(=O)NC2CCC(O)CC2)nn1-c1cccc(Cl)c1. The molecule has 1 saturated carbocycles. The molecule has 0 atom stereocenters. The van der Waals surface area contributed by atoms with Gasteiger partial charge >= 0.3 is 6.03 Å². The van der Waals surface area contributed by atoms with Crippen LogP contribution in [-0.2, 0) is 0 Å². The number of carbonyl (C=O) groups is 1. The molecule has 1 aliphatic rings. The second kappa shape index (κ2) is 7.23. The molecule has 0 unspecified atom stereocenters. The van der Waals surface area contributed by atoms with E-state index in [1.807, 2.05) is 31.2 Å². The summed E-state index contributed by atoms with van der Waals surface area (Å²) in [6.45, 7) is 1.92. The predicted octanol–water partition coefficient (Wildman–Crippen LogP) is 3.26. The fourth-order valence-corrected chi connectivity index (χ4v) is 3.15. The Labute approximate surface area is 145 Å². The normalized spacial score (nSPS) is 20.6. The van der Waals surface area contributed by atoms with Crippen LogP contribution in [0.5, 0.6) is 0 Å². The van der Waals surface area contributed by atoms with Crippen LogP contribution in [0, 0.1) is 6.92 Å². The van der Waals surface area contributed by atoms with E-state index in [1.165, 1.54) is 0 Å². The smallest absolute Gasteiger partial charge is 0.320 e. The fraction of sp³-hybridized carbons (Fsp3) is 0.412. The van der Waals surface area contributed by atoms with Crippen LogP contribution < -0.4 is 10.6 Å². The first-order valence-corrected chi connectivity index (χ1v) is 8.47. The number of aromatic nitrogens is 2. The first kappa shape index (κ1) is 16.8. The van der Waals surface area contributed by atoms with Gasteiger partial charge in [-0.2, -0.15) is 0 Å². The second-order valence-electron chi connectivity index (χ2n) is 6.17. The summed E-state index contributed by atoms with van der Waals surface area (Å²) in [6, 6.07) is 9.03. The molecule has 128 valence electrons. The molecule has 2 amide bonds. The summed E-state index contributed by atoms with van der Waals surface area (Å²) < 4.78 is 1.73. The molecule has 7 heteroatoms. The molecule has 1 aromatic heterocycles. The van der Waals surface area contributed by atoms with Crippen molar-refractivity contribution in [3.63, 3.8) is 0 Å². The Balaban J connectivity index is 1.63. The highest BCUT2D eigenvalue weighted by atomic mass is 35.5. The number of benzene rings is 1. The molecule has 6 nitrogen and oxygen atoms in total. The Kier molecular flexibility index (Phi) is 5.06. The van der Waals surface area contributed by atoms with Crippen LogP contribution in [0.25, 0.3) is 5.69 Å². The third kappa shape index (κ3) is 4.07. The highest BCUT2D eigenvalue weighted by molar-refractivity contribution is 6.30. The number of urea groups is 1. The van der Waals surface area contributed by atoms with E-state index < -0.39 is 0 Å². The van der Waals surface area contributed by atoms with Crippen molar-refractivity contribution in [3.8, 4) is 5.69 Å². The maximum atomic E-state index is 12.1.